The van der Waals surface area contributed by atoms with Crippen molar-refractivity contribution < 1.29 is 77.8 Å². The molecule has 4 rings (SSSR count). The molecule has 6 N–H and O–H groups in total. The number of aliphatic hydroxyl groups is 5. The van der Waals surface area contributed by atoms with Gasteiger partial charge in [0.15, 0.2) is 12.6 Å². The highest BCUT2D eigenvalue weighted by molar-refractivity contribution is 5.88. The van der Waals surface area contributed by atoms with E-state index in [1.807, 2.05) is 19.1 Å². The normalized spacial score (nSPS) is 42.4. The number of benzene rings is 1. The van der Waals surface area contributed by atoms with Crippen molar-refractivity contribution in [3.05, 3.63) is 24.3 Å². The molecule has 3 heterocycles. The predicted molar refractivity (Wildman–Crippen MR) is 235 cm³/mol. The highest BCUT2D eigenvalue weighted by Gasteiger charge is 2.53. The second-order valence-corrected chi connectivity index (χ2v) is 18.7. The Bertz CT molecular complexity index is 1620. The van der Waals surface area contributed by atoms with Crippen LogP contribution in [0.3, 0.4) is 0 Å². The molecule has 3 saturated heterocycles. The number of cyclic esters (lactones) is 1. The van der Waals surface area contributed by atoms with Crippen molar-refractivity contribution in [3.63, 3.8) is 0 Å². The topological polar surface area (TPSA) is 235 Å². The summed E-state index contributed by atoms with van der Waals surface area (Å²) in [7, 11) is 4.61. The van der Waals surface area contributed by atoms with Gasteiger partial charge < -0.3 is 78.3 Å². The standard InChI is InChI=1S/C46H78N2O16/c1-14-34-46(10,54)39(50)27(4)36(48-59-24-58-20-19-55-11)25(2)22-44(8,53)41(64-43-37(49)33(21-26(3)60-43)47-31-15-17-32(56-12)18-16-31)28(5)38(29(6)42(52)62-34)63-35-23-45(9,57-13)40(51)30(7)61-35/h15-18,25-30,33-35,37-41,43,47,49-51,53-54H,14,19-24H2,1-13H3/b48-36+/t25-,26-,27+,28+,29-,30+,33+,34-,35+,37-,38+,39-,40+,41-,43+,44-,45-,46-/m1/s1. The number of nitrogens with zero attached hydrogens (tertiary/aromatic N) is 1. The number of anilines is 1. The first-order valence-corrected chi connectivity index (χ1v) is 22.6. The second-order valence-electron chi connectivity index (χ2n) is 18.7. The van der Waals surface area contributed by atoms with Gasteiger partial charge in [0.25, 0.3) is 0 Å². The van der Waals surface area contributed by atoms with E-state index < -0.39 is 114 Å². The van der Waals surface area contributed by atoms with Crippen LogP contribution in [0.15, 0.2) is 29.4 Å². The van der Waals surface area contributed by atoms with Crippen molar-refractivity contribution in [2.75, 3.05) is 46.7 Å². The van der Waals surface area contributed by atoms with Crippen molar-refractivity contribution >= 4 is 17.4 Å². The van der Waals surface area contributed by atoms with E-state index in [9.17, 15) is 30.3 Å². The Labute approximate surface area is 379 Å². The van der Waals surface area contributed by atoms with Crippen LogP contribution in [0.5, 0.6) is 5.75 Å². The molecule has 3 fully saturated rings. The van der Waals surface area contributed by atoms with Crippen LogP contribution in [0.1, 0.15) is 94.9 Å². The van der Waals surface area contributed by atoms with E-state index in [1.54, 1.807) is 81.7 Å². The molecule has 3 aliphatic heterocycles. The molecular formula is C46H78N2O16. The van der Waals surface area contributed by atoms with Crippen LogP contribution in [-0.2, 0) is 47.5 Å². The summed E-state index contributed by atoms with van der Waals surface area (Å²) >= 11 is 0. The fourth-order valence-corrected chi connectivity index (χ4v) is 9.49. The van der Waals surface area contributed by atoms with Crippen LogP contribution in [-0.4, -0.2) is 163 Å². The van der Waals surface area contributed by atoms with E-state index in [-0.39, 0.29) is 38.4 Å². The molecule has 0 unspecified atom stereocenters. The number of nitrogens with one attached hydrogen (secondary N) is 1. The zero-order chi connectivity index (χ0) is 47.7. The molecule has 64 heavy (non-hydrogen) atoms. The van der Waals surface area contributed by atoms with Gasteiger partial charge in [0.2, 0.25) is 6.79 Å². The molecule has 368 valence electrons. The Hall–Kier alpha value is -2.72. The van der Waals surface area contributed by atoms with E-state index in [2.05, 4.69) is 10.5 Å². The summed E-state index contributed by atoms with van der Waals surface area (Å²) in [5.41, 5.74) is -3.87. The van der Waals surface area contributed by atoms with Gasteiger partial charge in [0, 0.05) is 44.1 Å². The van der Waals surface area contributed by atoms with Crippen LogP contribution < -0.4 is 10.1 Å². The van der Waals surface area contributed by atoms with E-state index >= 15 is 0 Å². The van der Waals surface area contributed by atoms with Gasteiger partial charge >= 0.3 is 5.97 Å². The minimum atomic E-state index is -1.99. The lowest BCUT2D eigenvalue weighted by Crippen LogP contribution is -2.61. The zero-order valence-electron chi connectivity index (χ0n) is 40.1. The Morgan fingerprint density at radius 3 is 2.16 bits per heavy atom. The Morgan fingerprint density at radius 2 is 1.55 bits per heavy atom. The minimum Gasteiger partial charge on any atom is -0.497 e. The highest BCUT2D eigenvalue weighted by Crippen LogP contribution is 2.41. The monoisotopic (exact) mass is 915 g/mol. The van der Waals surface area contributed by atoms with Crippen molar-refractivity contribution in [2.45, 2.75) is 179 Å². The minimum absolute atomic E-state index is 0.0620. The lowest BCUT2D eigenvalue weighted by Gasteiger charge is -2.49. The SMILES string of the molecule is CC[C@H]1OC(=O)[C@H](C)[C@@H](O[C@H]2C[C@@](C)(OC)[C@@H](O)[C@H](C)O2)[C@H](C)[C@@H](O[C@@H]2O[C@H](C)C[C@H](Nc3ccc(OC)cc3)[C@H]2O)[C@](C)(O)C[C@@H](C)/C(=N\OCOCCOC)[C@H](C)[C@@H](O)[C@]1(C)O. The smallest absolute Gasteiger partial charge is 0.311 e. The van der Waals surface area contributed by atoms with Gasteiger partial charge in [-0.2, -0.15) is 0 Å². The first kappa shape index (κ1) is 53.9. The maximum Gasteiger partial charge on any atom is 0.311 e. The van der Waals surface area contributed by atoms with Crippen molar-refractivity contribution in [1.29, 1.82) is 0 Å². The summed E-state index contributed by atoms with van der Waals surface area (Å²) in [4.78, 5) is 20.1. The first-order chi connectivity index (χ1) is 30.0. The molecule has 1 aromatic carbocycles. The zero-order valence-corrected chi connectivity index (χ0v) is 40.1. The largest absolute Gasteiger partial charge is 0.497 e. The lowest BCUT2D eigenvalue weighted by atomic mass is 9.73. The number of hydrogen-bond acceptors (Lipinski definition) is 18. The molecule has 0 aromatic heterocycles. The second kappa shape index (κ2) is 23.3. The summed E-state index contributed by atoms with van der Waals surface area (Å²) in [5, 5.41) is 67.7. The van der Waals surface area contributed by atoms with E-state index in [0.29, 0.717) is 18.8 Å². The molecular weight excluding hydrogens is 837 g/mol. The third kappa shape index (κ3) is 13.0. The average molecular weight is 915 g/mol. The summed E-state index contributed by atoms with van der Waals surface area (Å²) in [6, 6.07) is 6.75. The number of carbonyl (C=O) groups is 1. The summed E-state index contributed by atoms with van der Waals surface area (Å²) in [6.45, 7) is 17.2. The predicted octanol–water partition coefficient (Wildman–Crippen LogP) is 3.77. The number of ether oxygens (including phenoxy) is 9. The molecule has 18 nitrogen and oxygen atoms in total. The maximum absolute atomic E-state index is 14.5. The quantitative estimate of drug-likeness (QED) is 0.0636. The molecule has 0 bridgehead atoms. The summed E-state index contributed by atoms with van der Waals surface area (Å²) in [5.74, 6) is -3.62. The summed E-state index contributed by atoms with van der Waals surface area (Å²) in [6.07, 6.45) is -10.2. The fraction of sp³-hybridized carbons (Fsp3) is 0.826. The molecule has 1 aromatic rings. The van der Waals surface area contributed by atoms with Crippen molar-refractivity contribution in [2.24, 2.45) is 28.8 Å². The molecule has 0 amide bonds. The van der Waals surface area contributed by atoms with Crippen LogP contribution in [0.2, 0.25) is 0 Å². The Balaban J connectivity index is 1.84. The number of oxime groups is 1. The van der Waals surface area contributed by atoms with E-state index in [1.165, 1.54) is 14.0 Å². The number of esters is 1. The highest BCUT2D eigenvalue weighted by atomic mass is 16.7. The third-order valence-corrected chi connectivity index (χ3v) is 13.4. The third-order valence-electron chi connectivity index (χ3n) is 13.4. The van der Waals surface area contributed by atoms with Gasteiger partial charge in [-0.25, -0.2) is 0 Å². The molecule has 0 spiro atoms. The van der Waals surface area contributed by atoms with Crippen LogP contribution in [0, 0.1) is 23.7 Å². The number of carbonyl (C=O) groups excluding carboxylic acids is 1. The first-order valence-electron chi connectivity index (χ1n) is 22.6. The van der Waals surface area contributed by atoms with Gasteiger partial charge in [0.05, 0.1) is 79.7 Å². The maximum atomic E-state index is 14.5. The van der Waals surface area contributed by atoms with Gasteiger partial charge in [-0.1, -0.05) is 32.9 Å². The van der Waals surface area contributed by atoms with Crippen molar-refractivity contribution in [3.8, 4) is 5.75 Å². The number of methoxy groups -OCH3 is 3. The molecule has 18 heteroatoms. The van der Waals surface area contributed by atoms with Gasteiger partial charge in [-0.05, 0) is 85.1 Å². The van der Waals surface area contributed by atoms with Crippen LogP contribution in [0.4, 0.5) is 5.69 Å². The summed E-state index contributed by atoms with van der Waals surface area (Å²) < 4.78 is 53.8. The van der Waals surface area contributed by atoms with Crippen molar-refractivity contribution in [1.82, 2.24) is 0 Å². The molecule has 0 aliphatic carbocycles. The molecule has 18 atom stereocenters. The van der Waals surface area contributed by atoms with E-state index in [0.717, 1.165) is 5.69 Å². The van der Waals surface area contributed by atoms with Gasteiger partial charge in [-0.3, -0.25) is 4.79 Å². The number of aliphatic hydroxyl groups excluding tert-OH is 3. The average Bonchev–Trinajstić information content (AvgIpc) is 3.25. The van der Waals surface area contributed by atoms with Gasteiger partial charge in [0.1, 0.15) is 29.7 Å². The van der Waals surface area contributed by atoms with Crippen LogP contribution in [0.25, 0.3) is 0 Å². The Morgan fingerprint density at radius 1 is 0.875 bits per heavy atom. The van der Waals surface area contributed by atoms with Crippen LogP contribution >= 0.6 is 0 Å². The molecule has 3 aliphatic rings. The number of hydrogen-bond donors (Lipinski definition) is 6. The van der Waals surface area contributed by atoms with Gasteiger partial charge in [-0.15, -0.1) is 0 Å². The lowest BCUT2D eigenvalue weighted by molar-refractivity contribution is -0.314. The fourth-order valence-electron chi connectivity index (χ4n) is 9.49. The van der Waals surface area contributed by atoms with E-state index in [4.69, 9.17) is 47.5 Å². The Kier molecular flexibility index (Phi) is 19.6. The molecule has 0 saturated carbocycles. The molecule has 0 radical (unpaired) electrons. The number of rotatable bonds is 15.